The van der Waals surface area contributed by atoms with Gasteiger partial charge in [0.2, 0.25) is 0 Å². The molecule has 0 aromatic carbocycles. The summed E-state index contributed by atoms with van der Waals surface area (Å²) in [5, 5.41) is 5.95. The molecule has 2 aromatic rings. The zero-order valence-corrected chi connectivity index (χ0v) is 9.72. The highest BCUT2D eigenvalue weighted by Crippen LogP contribution is 2.31. The van der Waals surface area contributed by atoms with E-state index in [1.807, 2.05) is 24.6 Å². The first-order valence-corrected chi connectivity index (χ1v) is 5.74. The van der Waals surface area contributed by atoms with Crippen molar-refractivity contribution in [3.05, 3.63) is 45.6 Å². The fourth-order valence-electron chi connectivity index (χ4n) is 1.40. The Labute approximate surface area is 97.2 Å². The van der Waals surface area contributed by atoms with Crippen molar-refractivity contribution in [1.82, 2.24) is 15.3 Å². The smallest absolute Gasteiger partial charge is 0.115 e. The summed E-state index contributed by atoms with van der Waals surface area (Å²) in [6.45, 7) is 0. The Hall–Kier alpha value is -0.970. The molecule has 2 rings (SSSR count). The third-order valence-electron chi connectivity index (χ3n) is 2.10. The van der Waals surface area contributed by atoms with Crippen LogP contribution in [0.3, 0.4) is 0 Å². The van der Waals surface area contributed by atoms with Gasteiger partial charge in [0, 0.05) is 11.1 Å². The molecule has 2 aromatic heterocycles. The summed E-state index contributed by atoms with van der Waals surface area (Å²) in [5.41, 5.74) is 0.928. The second kappa shape index (κ2) is 4.70. The fourth-order valence-corrected chi connectivity index (χ4v) is 2.68. The topological polar surface area (TPSA) is 37.8 Å². The van der Waals surface area contributed by atoms with Gasteiger partial charge in [0.1, 0.15) is 6.33 Å². The number of rotatable bonds is 3. The van der Waals surface area contributed by atoms with Gasteiger partial charge in [0.15, 0.2) is 0 Å². The molecule has 0 saturated heterocycles. The average Bonchev–Trinajstić information content (AvgIpc) is 2.68. The Morgan fingerprint density at radius 3 is 2.87 bits per heavy atom. The first-order valence-electron chi connectivity index (χ1n) is 4.49. The van der Waals surface area contributed by atoms with Crippen LogP contribution in [0.15, 0.2) is 30.0 Å². The van der Waals surface area contributed by atoms with Gasteiger partial charge in [-0.05, 0) is 24.6 Å². The van der Waals surface area contributed by atoms with Crippen molar-refractivity contribution in [1.29, 1.82) is 0 Å². The van der Waals surface area contributed by atoms with E-state index in [2.05, 4.69) is 15.3 Å². The van der Waals surface area contributed by atoms with Crippen molar-refractivity contribution < 1.29 is 0 Å². The highest BCUT2D eigenvalue weighted by molar-refractivity contribution is 7.10. The maximum Gasteiger partial charge on any atom is 0.115 e. The zero-order valence-electron chi connectivity index (χ0n) is 8.14. The van der Waals surface area contributed by atoms with E-state index in [0.29, 0.717) is 0 Å². The number of hydrogen-bond acceptors (Lipinski definition) is 4. The lowest BCUT2D eigenvalue weighted by atomic mass is 10.1. The largest absolute Gasteiger partial charge is 0.307 e. The molecule has 1 unspecified atom stereocenters. The molecular formula is C10H10ClN3S. The molecule has 0 aliphatic heterocycles. The van der Waals surface area contributed by atoms with Gasteiger partial charge in [-0.25, -0.2) is 9.97 Å². The van der Waals surface area contributed by atoms with E-state index in [9.17, 15) is 0 Å². The van der Waals surface area contributed by atoms with E-state index in [0.717, 1.165) is 15.6 Å². The van der Waals surface area contributed by atoms with Crippen molar-refractivity contribution in [3.63, 3.8) is 0 Å². The minimum absolute atomic E-state index is 0.0421. The van der Waals surface area contributed by atoms with Gasteiger partial charge in [0.25, 0.3) is 0 Å². The first kappa shape index (κ1) is 10.5. The van der Waals surface area contributed by atoms with Crippen LogP contribution in [0, 0.1) is 0 Å². The Bertz CT molecular complexity index is 429. The summed E-state index contributed by atoms with van der Waals surface area (Å²) < 4.78 is 0. The van der Waals surface area contributed by atoms with Gasteiger partial charge < -0.3 is 5.32 Å². The van der Waals surface area contributed by atoms with Crippen LogP contribution in [0.1, 0.15) is 16.6 Å². The van der Waals surface area contributed by atoms with Crippen molar-refractivity contribution in [2.75, 3.05) is 7.05 Å². The summed E-state index contributed by atoms with van der Waals surface area (Å²) in [5.74, 6) is 0. The maximum atomic E-state index is 6.09. The Kier molecular flexibility index (Phi) is 3.30. The number of nitrogens with one attached hydrogen (secondary N) is 1. The van der Waals surface area contributed by atoms with Crippen LogP contribution in [0.5, 0.6) is 0 Å². The van der Waals surface area contributed by atoms with Gasteiger partial charge in [-0.3, -0.25) is 0 Å². The van der Waals surface area contributed by atoms with Crippen LogP contribution in [-0.4, -0.2) is 17.0 Å². The van der Waals surface area contributed by atoms with E-state index in [-0.39, 0.29) is 6.04 Å². The highest BCUT2D eigenvalue weighted by atomic mass is 35.5. The van der Waals surface area contributed by atoms with E-state index < -0.39 is 0 Å². The molecule has 0 fully saturated rings. The zero-order chi connectivity index (χ0) is 10.7. The summed E-state index contributed by atoms with van der Waals surface area (Å²) >= 11 is 7.71. The summed E-state index contributed by atoms with van der Waals surface area (Å²) in [4.78, 5) is 9.20. The van der Waals surface area contributed by atoms with Crippen LogP contribution in [0.25, 0.3) is 0 Å². The molecule has 5 heteroatoms. The van der Waals surface area contributed by atoms with Crippen LogP contribution < -0.4 is 5.32 Å². The first-order chi connectivity index (χ1) is 7.33. The van der Waals surface area contributed by atoms with Crippen LogP contribution in [-0.2, 0) is 0 Å². The molecule has 0 saturated carbocycles. The predicted octanol–water partition coefficient (Wildman–Crippen LogP) is 2.50. The van der Waals surface area contributed by atoms with Crippen molar-refractivity contribution in [3.8, 4) is 0 Å². The average molecular weight is 240 g/mol. The Morgan fingerprint density at radius 2 is 2.33 bits per heavy atom. The second-order valence-electron chi connectivity index (χ2n) is 2.99. The minimum Gasteiger partial charge on any atom is -0.307 e. The molecule has 0 aliphatic rings. The molecule has 3 nitrogen and oxygen atoms in total. The SMILES string of the molecule is CNC(c1ccncn1)c1sccc1Cl. The molecule has 0 amide bonds. The van der Waals surface area contributed by atoms with Gasteiger partial charge in [-0.1, -0.05) is 11.6 Å². The molecule has 0 aliphatic carbocycles. The van der Waals surface area contributed by atoms with Crippen molar-refractivity contribution >= 4 is 22.9 Å². The summed E-state index contributed by atoms with van der Waals surface area (Å²) in [6.07, 6.45) is 3.27. The minimum atomic E-state index is 0.0421. The van der Waals surface area contributed by atoms with Crippen LogP contribution in [0.2, 0.25) is 5.02 Å². The third kappa shape index (κ3) is 2.17. The number of hydrogen-bond donors (Lipinski definition) is 1. The molecule has 1 N–H and O–H groups in total. The van der Waals surface area contributed by atoms with Crippen LogP contribution in [0.4, 0.5) is 0 Å². The third-order valence-corrected chi connectivity index (χ3v) is 3.52. The van der Waals surface area contributed by atoms with E-state index in [1.165, 1.54) is 0 Å². The van der Waals surface area contributed by atoms with Crippen molar-refractivity contribution in [2.24, 2.45) is 0 Å². The number of thiophene rings is 1. The van der Waals surface area contributed by atoms with E-state index in [1.54, 1.807) is 23.9 Å². The predicted molar refractivity (Wildman–Crippen MR) is 62.3 cm³/mol. The van der Waals surface area contributed by atoms with Crippen molar-refractivity contribution in [2.45, 2.75) is 6.04 Å². The molecule has 0 radical (unpaired) electrons. The second-order valence-corrected chi connectivity index (χ2v) is 4.34. The maximum absolute atomic E-state index is 6.09. The number of aromatic nitrogens is 2. The lowest BCUT2D eigenvalue weighted by molar-refractivity contribution is 0.679. The molecular weight excluding hydrogens is 230 g/mol. The van der Waals surface area contributed by atoms with Gasteiger partial charge in [-0.2, -0.15) is 0 Å². The highest BCUT2D eigenvalue weighted by Gasteiger charge is 2.17. The molecule has 0 spiro atoms. The lowest BCUT2D eigenvalue weighted by Gasteiger charge is -2.13. The molecule has 2 heterocycles. The normalized spacial score (nSPS) is 12.7. The molecule has 78 valence electrons. The van der Waals surface area contributed by atoms with Gasteiger partial charge >= 0.3 is 0 Å². The summed E-state index contributed by atoms with van der Waals surface area (Å²) in [6, 6.07) is 3.82. The quantitative estimate of drug-likeness (QED) is 0.895. The standard InChI is InChI=1S/C10H10ClN3S/c1-12-9(8-2-4-13-6-14-8)10-7(11)3-5-15-10/h2-6,9,12H,1H3. The van der Waals surface area contributed by atoms with Gasteiger partial charge in [-0.15, -0.1) is 11.3 Å². The molecule has 15 heavy (non-hydrogen) atoms. The van der Waals surface area contributed by atoms with E-state index in [4.69, 9.17) is 11.6 Å². The molecule has 1 atom stereocenters. The number of nitrogens with zero attached hydrogens (tertiary/aromatic N) is 2. The number of halogens is 1. The van der Waals surface area contributed by atoms with Crippen LogP contribution >= 0.6 is 22.9 Å². The van der Waals surface area contributed by atoms with E-state index >= 15 is 0 Å². The van der Waals surface area contributed by atoms with Gasteiger partial charge in [0.05, 0.1) is 16.8 Å². The monoisotopic (exact) mass is 239 g/mol. The Balaban J connectivity index is 2.37. The summed E-state index contributed by atoms with van der Waals surface area (Å²) in [7, 11) is 1.89. The lowest BCUT2D eigenvalue weighted by Crippen LogP contribution is -2.18. The Morgan fingerprint density at radius 1 is 1.47 bits per heavy atom. The fraction of sp³-hybridized carbons (Fsp3) is 0.200. The molecule has 0 bridgehead atoms.